The first-order valence-corrected chi connectivity index (χ1v) is 7.14. The van der Waals surface area contributed by atoms with Crippen molar-refractivity contribution in [3.63, 3.8) is 0 Å². The first-order chi connectivity index (χ1) is 9.19. The Kier molecular flexibility index (Phi) is 5.91. The van der Waals surface area contributed by atoms with Crippen LogP contribution in [0.4, 0.5) is 8.78 Å². The van der Waals surface area contributed by atoms with Crippen LogP contribution >= 0.6 is 45.2 Å². The van der Waals surface area contributed by atoms with E-state index in [0.29, 0.717) is 7.14 Å². The molecule has 1 aromatic rings. The van der Waals surface area contributed by atoms with Gasteiger partial charge in [-0.05, 0) is 57.3 Å². The molecule has 5 nitrogen and oxygen atoms in total. The number of halogens is 4. The lowest BCUT2D eigenvalue weighted by Crippen LogP contribution is -2.45. The number of carboxylic acids is 1. The summed E-state index contributed by atoms with van der Waals surface area (Å²) in [7, 11) is 1.13. The van der Waals surface area contributed by atoms with Gasteiger partial charge in [0.2, 0.25) is 0 Å². The van der Waals surface area contributed by atoms with Crippen LogP contribution in [-0.2, 0) is 9.53 Å². The van der Waals surface area contributed by atoms with Crippen LogP contribution < -0.4 is 9.84 Å². The van der Waals surface area contributed by atoms with Crippen molar-refractivity contribution in [2.24, 2.45) is 0 Å². The molecule has 0 heterocycles. The van der Waals surface area contributed by atoms with Crippen LogP contribution in [0.1, 0.15) is 10.4 Å². The molecule has 0 atom stereocenters. The highest BCUT2D eigenvalue weighted by Crippen LogP contribution is 2.30. The lowest BCUT2D eigenvalue weighted by atomic mass is 10.2. The molecule has 0 aliphatic heterocycles. The Balaban J connectivity index is 3.11. The largest absolute Gasteiger partial charge is 0.544 e. The van der Waals surface area contributed by atoms with Crippen LogP contribution in [-0.4, -0.2) is 31.6 Å². The first kappa shape index (κ1) is 17.3. The molecule has 0 aliphatic rings. The molecule has 0 saturated carbocycles. The summed E-state index contributed by atoms with van der Waals surface area (Å²) >= 11 is 3.72. The summed E-state index contributed by atoms with van der Waals surface area (Å²) in [5, 5.41) is 10.2. The molecule has 0 amide bonds. The van der Waals surface area contributed by atoms with Gasteiger partial charge in [0, 0.05) is 3.57 Å². The van der Waals surface area contributed by atoms with Crippen molar-refractivity contribution < 1.29 is 33.0 Å². The minimum atomic E-state index is -4.15. The fourth-order valence-corrected chi connectivity index (χ4v) is 3.19. The molecule has 0 saturated heterocycles. The number of alkyl halides is 2. The number of hydrogen-bond acceptors (Lipinski definition) is 5. The predicted octanol–water partition coefficient (Wildman–Crippen LogP) is 1.45. The summed E-state index contributed by atoms with van der Waals surface area (Å²) < 4.78 is 36.3. The molecule has 0 radical (unpaired) electrons. The molecule has 9 heteroatoms. The Bertz CT molecular complexity index is 548. The van der Waals surface area contributed by atoms with Gasteiger partial charge in [-0.1, -0.05) is 0 Å². The number of esters is 1. The zero-order valence-electron chi connectivity index (χ0n) is 9.91. The molecule has 0 aromatic heterocycles. The third kappa shape index (κ3) is 4.14. The zero-order valence-corrected chi connectivity index (χ0v) is 14.2. The molecule has 0 unspecified atom stereocenters. The van der Waals surface area contributed by atoms with E-state index in [2.05, 4.69) is 4.74 Å². The SMILES string of the molecule is COC(=O)c1cc(I)cc(I)c1OCC(F)(F)C(=O)[O-]. The van der Waals surface area contributed by atoms with E-state index in [1.54, 1.807) is 28.7 Å². The number of carbonyl (C=O) groups excluding carboxylic acids is 2. The number of aliphatic carboxylic acids is 1. The second-order valence-corrected chi connectivity index (χ2v) is 5.94. The number of carbonyl (C=O) groups is 2. The molecule has 0 N–H and O–H groups in total. The van der Waals surface area contributed by atoms with Crippen molar-refractivity contribution in [2.75, 3.05) is 13.7 Å². The fourth-order valence-electron chi connectivity index (χ4n) is 1.19. The fraction of sp³-hybridized carbons (Fsp3) is 0.273. The zero-order chi connectivity index (χ0) is 15.5. The second-order valence-electron chi connectivity index (χ2n) is 3.54. The van der Waals surface area contributed by atoms with Gasteiger partial charge in [-0.3, -0.25) is 0 Å². The smallest absolute Gasteiger partial charge is 0.341 e. The third-order valence-electron chi connectivity index (χ3n) is 2.11. The molecule has 0 bridgehead atoms. The average Bonchev–Trinajstić information content (AvgIpc) is 2.35. The van der Waals surface area contributed by atoms with E-state index < -0.39 is 24.5 Å². The minimum absolute atomic E-state index is 0.0575. The van der Waals surface area contributed by atoms with E-state index in [4.69, 9.17) is 4.74 Å². The highest BCUT2D eigenvalue weighted by molar-refractivity contribution is 14.1. The first-order valence-electron chi connectivity index (χ1n) is 4.98. The van der Waals surface area contributed by atoms with Crippen molar-refractivity contribution in [1.29, 1.82) is 0 Å². The van der Waals surface area contributed by atoms with Gasteiger partial charge >= 0.3 is 11.9 Å². The second kappa shape index (κ2) is 6.83. The van der Waals surface area contributed by atoms with E-state index in [1.807, 2.05) is 22.6 Å². The van der Waals surface area contributed by atoms with Crippen LogP contribution in [0.2, 0.25) is 0 Å². The summed E-state index contributed by atoms with van der Waals surface area (Å²) in [6, 6.07) is 2.97. The van der Waals surface area contributed by atoms with Gasteiger partial charge in [0.05, 0.1) is 10.7 Å². The van der Waals surface area contributed by atoms with E-state index in [-0.39, 0.29) is 11.3 Å². The van der Waals surface area contributed by atoms with Gasteiger partial charge in [0.15, 0.2) is 6.61 Å². The quantitative estimate of drug-likeness (QED) is 0.443. The van der Waals surface area contributed by atoms with Crippen LogP contribution in [0.5, 0.6) is 5.75 Å². The van der Waals surface area contributed by atoms with Gasteiger partial charge < -0.3 is 19.4 Å². The number of carboxylic acid groups (broad SMARTS) is 1. The van der Waals surface area contributed by atoms with E-state index in [0.717, 1.165) is 7.11 Å². The molecule has 20 heavy (non-hydrogen) atoms. The van der Waals surface area contributed by atoms with Crippen molar-refractivity contribution in [3.05, 3.63) is 24.8 Å². The van der Waals surface area contributed by atoms with Gasteiger partial charge in [0.1, 0.15) is 17.3 Å². The third-order valence-corrected chi connectivity index (χ3v) is 3.53. The Morgan fingerprint density at radius 2 is 1.95 bits per heavy atom. The van der Waals surface area contributed by atoms with Crippen LogP contribution in [0.3, 0.4) is 0 Å². The molecule has 0 aliphatic carbocycles. The summed E-state index contributed by atoms with van der Waals surface area (Å²) in [6.07, 6.45) is 0. The summed E-state index contributed by atoms with van der Waals surface area (Å²) in [4.78, 5) is 21.8. The maximum atomic E-state index is 13.0. The summed E-state index contributed by atoms with van der Waals surface area (Å²) in [5.41, 5.74) is -0.0575. The highest BCUT2D eigenvalue weighted by Gasteiger charge is 2.33. The summed E-state index contributed by atoms with van der Waals surface area (Å²) in [6.45, 7) is -1.43. The van der Waals surface area contributed by atoms with Crippen LogP contribution in [0.15, 0.2) is 12.1 Å². The van der Waals surface area contributed by atoms with Crippen molar-refractivity contribution in [3.8, 4) is 5.75 Å². The lowest BCUT2D eigenvalue weighted by Gasteiger charge is -2.19. The normalized spacial score (nSPS) is 11.1. The highest BCUT2D eigenvalue weighted by atomic mass is 127. The number of ether oxygens (including phenoxy) is 2. The number of hydrogen-bond donors (Lipinski definition) is 0. The average molecular weight is 511 g/mol. The monoisotopic (exact) mass is 511 g/mol. The molecular formula is C11H7F2I2O5-. The number of methoxy groups -OCH3 is 1. The summed E-state index contributed by atoms with van der Waals surface area (Å²) in [5.74, 6) is -7.62. The predicted molar refractivity (Wildman–Crippen MR) is 78.7 cm³/mol. The maximum absolute atomic E-state index is 13.0. The minimum Gasteiger partial charge on any atom is -0.544 e. The number of rotatable bonds is 5. The van der Waals surface area contributed by atoms with Crippen molar-refractivity contribution in [2.45, 2.75) is 5.92 Å². The van der Waals surface area contributed by atoms with Crippen LogP contribution in [0, 0.1) is 7.14 Å². The van der Waals surface area contributed by atoms with Crippen molar-refractivity contribution in [1.82, 2.24) is 0 Å². The standard InChI is InChI=1S/C11H8F2I2O5/c1-19-9(16)6-2-5(14)3-7(15)8(6)20-4-11(12,13)10(17)18/h2-3H,4H2,1H3,(H,17,18)/p-1. The Hall–Kier alpha value is -0.720. The maximum Gasteiger partial charge on any atom is 0.341 e. The molecular weight excluding hydrogens is 504 g/mol. The Morgan fingerprint density at radius 3 is 2.45 bits per heavy atom. The van der Waals surface area contributed by atoms with Gasteiger partial charge in [0.25, 0.3) is 0 Å². The molecule has 0 spiro atoms. The van der Waals surface area contributed by atoms with Gasteiger partial charge in [-0.25, -0.2) is 4.79 Å². The van der Waals surface area contributed by atoms with Crippen molar-refractivity contribution >= 4 is 57.1 Å². The molecule has 110 valence electrons. The van der Waals surface area contributed by atoms with E-state index >= 15 is 0 Å². The van der Waals surface area contributed by atoms with E-state index in [9.17, 15) is 23.5 Å². The molecule has 0 fully saturated rings. The van der Waals surface area contributed by atoms with Gasteiger partial charge in [-0.2, -0.15) is 8.78 Å². The van der Waals surface area contributed by atoms with E-state index in [1.165, 1.54) is 6.07 Å². The van der Waals surface area contributed by atoms with Crippen LogP contribution in [0.25, 0.3) is 0 Å². The Morgan fingerprint density at radius 1 is 1.35 bits per heavy atom. The molecule has 1 aromatic carbocycles. The Labute approximate surface area is 139 Å². The molecule has 1 rings (SSSR count). The van der Waals surface area contributed by atoms with Gasteiger partial charge in [-0.15, -0.1) is 0 Å². The lowest BCUT2D eigenvalue weighted by molar-refractivity contribution is -0.330. The number of benzene rings is 1. The topological polar surface area (TPSA) is 75.7 Å².